The lowest BCUT2D eigenvalue weighted by atomic mass is 10.2. The van der Waals surface area contributed by atoms with Gasteiger partial charge in [-0.05, 0) is 37.6 Å². The van der Waals surface area contributed by atoms with Crippen LogP contribution in [0.15, 0.2) is 48.5 Å². The third-order valence-electron chi connectivity index (χ3n) is 4.82. The molecule has 0 amide bonds. The number of aryl methyl sites for hydroxylation is 2. The fourth-order valence-electron chi connectivity index (χ4n) is 3.32. The average Bonchev–Trinajstić information content (AvgIpc) is 2.94. The highest BCUT2D eigenvalue weighted by atomic mass is 16.5. The van der Waals surface area contributed by atoms with E-state index in [0.717, 1.165) is 42.6 Å². The number of hydrogen-bond donors (Lipinski definition) is 2. The summed E-state index contributed by atoms with van der Waals surface area (Å²) in [6.07, 6.45) is 2.68. The first-order valence-electron chi connectivity index (χ1n) is 9.70. The summed E-state index contributed by atoms with van der Waals surface area (Å²) in [6, 6.07) is 15.8. The molecule has 27 heavy (non-hydrogen) atoms. The van der Waals surface area contributed by atoms with Crippen molar-refractivity contribution in [2.45, 2.75) is 52.3 Å². The van der Waals surface area contributed by atoms with Gasteiger partial charge in [-0.3, -0.25) is 5.41 Å². The molecule has 0 aliphatic rings. The molecule has 5 nitrogen and oxygen atoms in total. The quantitative estimate of drug-likeness (QED) is 0.564. The minimum absolute atomic E-state index is 0.199. The van der Waals surface area contributed by atoms with Gasteiger partial charge in [0.1, 0.15) is 18.5 Å². The minimum Gasteiger partial charge on any atom is -0.491 e. The summed E-state index contributed by atoms with van der Waals surface area (Å²) >= 11 is 0. The summed E-state index contributed by atoms with van der Waals surface area (Å²) in [6.45, 7) is 5.58. The number of imidazole rings is 1. The fourth-order valence-corrected chi connectivity index (χ4v) is 3.32. The molecule has 2 N–H and O–H groups in total. The first-order chi connectivity index (χ1) is 13.1. The molecule has 1 heterocycles. The van der Waals surface area contributed by atoms with Gasteiger partial charge in [-0.2, -0.15) is 0 Å². The number of fused-ring (bicyclic) bond motifs is 1. The van der Waals surface area contributed by atoms with Crippen LogP contribution in [0.2, 0.25) is 0 Å². The van der Waals surface area contributed by atoms with Crippen LogP contribution in [0.3, 0.4) is 0 Å². The fraction of sp³-hybridized carbons (Fsp3) is 0.409. The second-order valence-electron chi connectivity index (χ2n) is 7.06. The van der Waals surface area contributed by atoms with E-state index in [1.807, 2.05) is 64.6 Å². The third-order valence-corrected chi connectivity index (χ3v) is 4.82. The molecule has 1 atom stereocenters. The standard InChI is InChI=1S/C22H29N3O2/c1-3-4-7-14-24-20-8-5-6-9-21(20)25(22(24)23)15-18(26)16-27-19-12-10-17(2)11-13-19/h5-6,8-13,18,23,26H,3-4,7,14-16H2,1-2H3. The Labute approximate surface area is 160 Å². The van der Waals surface area contributed by atoms with Crippen molar-refractivity contribution in [3.63, 3.8) is 0 Å². The number of hydrogen-bond acceptors (Lipinski definition) is 3. The zero-order chi connectivity index (χ0) is 19.2. The van der Waals surface area contributed by atoms with Crippen LogP contribution in [-0.2, 0) is 13.1 Å². The Morgan fingerprint density at radius 1 is 1.00 bits per heavy atom. The summed E-state index contributed by atoms with van der Waals surface area (Å²) < 4.78 is 9.62. The smallest absolute Gasteiger partial charge is 0.203 e. The Hall–Kier alpha value is -2.53. The molecule has 1 unspecified atom stereocenters. The molecule has 0 aliphatic heterocycles. The number of nitrogens with zero attached hydrogens (tertiary/aromatic N) is 2. The number of para-hydroxylation sites is 2. The van der Waals surface area contributed by atoms with Crippen molar-refractivity contribution in [2.24, 2.45) is 0 Å². The molecule has 3 rings (SSSR count). The Balaban J connectivity index is 1.74. The first kappa shape index (κ1) is 19.2. The van der Waals surface area contributed by atoms with Gasteiger partial charge in [-0.25, -0.2) is 0 Å². The molecule has 0 saturated heterocycles. The number of benzene rings is 2. The van der Waals surface area contributed by atoms with Gasteiger partial charge < -0.3 is 19.0 Å². The van der Waals surface area contributed by atoms with Crippen LogP contribution in [0, 0.1) is 12.3 Å². The molecule has 1 aromatic heterocycles. The highest BCUT2D eigenvalue weighted by Gasteiger charge is 2.14. The summed E-state index contributed by atoms with van der Waals surface area (Å²) in [5.74, 6) is 0.748. The van der Waals surface area contributed by atoms with E-state index in [0.29, 0.717) is 12.2 Å². The molecular formula is C22H29N3O2. The maximum absolute atomic E-state index is 10.5. The minimum atomic E-state index is -0.685. The zero-order valence-corrected chi connectivity index (χ0v) is 16.2. The van der Waals surface area contributed by atoms with Crippen molar-refractivity contribution in [2.75, 3.05) is 6.61 Å². The predicted molar refractivity (Wildman–Crippen MR) is 108 cm³/mol. The molecule has 0 aliphatic carbocycles. The Bertz CT molecular complexity index is 925. The van der Waals surface area contributed by atoms with E-state index in [2.05, 4.69) is 6.92 Å². The molecule has 5 heteroatoms. The number of aliphatic hydroxyl groups is 1. The first-order valence-corrected chi connectivity index (χ1v) is 9.70. The van der Waals surface area contributed by atoms with Gasteiger partial charge in [0.05, 0.1) is 17.6 Å². The Morgan fingerprint density at radius 3 is 2.33 bits per heavy atom. The SMILES string of the molecule is CCCCCn1c(=N)n(CC(O)COc2ccc(C)cc2)c2ccccc21. The lowest BCUT2D eigenvalue weighted by molar-refractivity contribution is 0.0921. The molecule has 2 aromatic carbocycles. The number of ether oxygens (including phenoxy) is 1. The molecule has 0 radical (unpaired) electrons. The highest BCUT2D eigenvalue weighted by molar-refractivity contribution is 5.75. The van der Waals surface area contributed by atoms with E-state index in [-0.39, 0.29) is 6.61 Å². The van der Waals surface area contributed by atoms with E-state index in [1.54, 1.807) is 0 Å². The molecule has 0 fully saturated rings. The van der Waals surface area contributed by atoms with Crippen LogP contribution >= 0.6 is 0 Å². The zero-order valence-electron chi connectivity index (χ0n) is 16.2. The van der Waals surface area contributed by atoms with Crippen molar-refractivity contribution in [3.8, 4) is 5.75 Å². The molecule has 3 aromatic rings. The molecule has 0 bridgehead atoms. The number of aliphatic hydroxyl groups excluding tert-OH is 1. The van der Waals surface area contributed by atoms with Crippen LogP contribution in [0.4, 0.5) is 0 Å². The van der Waals surface area contributed by atoms with Gasteiger partial charge >= 0.3 is 0 Å². The van der Waals surface area contributed by atoms with Crippen molar-refractivity contribution < 1.29 is 9.84 Å². The molecule has 144 valence electrons. The predicted octanol–water partition coefficient (Wildman–Crippen LogP) is 3.86. The van der Waals surface area contributed by atoms with E-state index >= 15 is 0 Å². The van der Waals surface area contributed by atoms with Gasteiger partial charge in [0.25, 0.3) is 0 Å². The number of aromatic nitrogens is 2. The van der Waals surface area contributed by atoms with Crippen molar-refractivity contribution in [1.82, 2.24) is 9.13 Å². The summed E-state index contributed by atoms with van der Waals surface area (Å²) in [5, 5.41) is 19.1. The van der Waals surface area contributed by atoms with Crippen molar-refractivity contribution >= 4 is 11.0 Å². The van der Waals surface area contributed by atoms with Crippen molar-refractivity contribution in [1.29, 1.82) is 5.41 Å². The van der Waals surface area contributed by atoms with Crippen LogP contribution in [0.25, 0.3) is 11.0 Å². The number of nitrogens with one attached hydrogen (secondary N) is 1. The topological polar surface area (TPSA) is 63.2 Å². The molecular weight excluding hydrogens is 338 g/mol. The second-order valence-corrected chi connectivity index (χ2v) is 7.06. The van der Waals surface area contributed by atoms with Crippen LogP contribution in [0.5, 0.6) is 5.75 Å². The second kappa shape index (κ2) is 8.91. The van der Waals surface area contributed by atoms with E-state index in [1.165, 1.54) is 5.56 Å². The Morgan fingerprint density at radius 2 is 1.67 bits per heavy atom. The van der Waals surface area contributed by atoms with Crippen LogP contribution in [-0.4, -0.2) is 27.0 Å². The maximum atomic E-state index is 10.5. The molecule has 0 saturated carbocycles. The number of rotatable bonds is 9. The summed E-state index contributed by atoms with van der Waals surface area (Å²) in [7, 11) is 0. The maximum Gasteiger partial charge on any atom is 0.203 e. The largest absolute Gasteiger partial charge is 0.491 e. The van der Waals surface area contributed by atoms with E-state index < -0.39 is 6.10 Å². The van der Waals surface area contributed by atoms with Gasteiger partial charge in [-0.1, -0.05) is 49.6 Å². The highest BCUT2D eigenvalue weighted by Crippen LogP contribution is 2.15. The van der Waals surface area contributed by atoms with Gasteiger partial charge in [0, 0.05) is 6.54 Å². The van der Waals surface area contributed by atoms with Crippen LogP contribution < -0.4 is 10.4 Å². The lowest BCUT2D eigenvalue weighted by Crippen LogP contribution is -2.31. The van der Waals surface area contributed by atoms with E-state index in [4.69, 9.17) is 10.1 Å². The van der Waals surface area contributed by atoms with Gasteiger partial charge in [0.2, 0.25) is 5.62 Å². The monoisotopic (exact) mass is 367 g/mol. The Kier molecular flexibility index (Phi) is 6.35. The average molecular weight is 367 g/mol. The van der Waals surface area contributed by atoms with Gasteiger partial charge in [0.15, 0.2) is 0 Å². The molecule has 0 spiro atoms. The lowest BCUT2D eigenvalue weighted by Gasteiger charge is -2.14. The summed E-state index contributed by atoms with van der Waals surface area (Å²) in [5.41, 5.74) is 3.63. The third kappa shape index (κ3) is 4.61. The van der Waals surface area contributed by atoms with Crippen molar-refractivity contribution in [3.05, 3.63) is 59.7 Å². The van der Waals surface area contributed by atoms with Crippen LogP contribution in [0.1, 0.15) is 31.7 Å². The normalized spacial score (nSPS) is 12.4. The summed E-state index contributed by atoms with van der Waals surface area (Å²) in [4.78, 5) is 0. The van der Waals surface area contributed by atoms with E-state index in [9.17, 15) is 5.11 Å². The van der Waals surface area contributed by atoms with Gasteiger partial charge in [-0.15, -0.1) is 0 Å². The number of unbranched alkanes of at least 4 members (excludes halogenated alkanes) is 2.